The van der Waals surface area contributed by atoms with Crippen molar-refractivity contribution < 1.29 is 28.8 Å². The van der Waals surface area contributed by atoms with Gasteiger partial charge in [0.2, 0.25) is 5.79 Å². The van der Waals surface area contributed by atoms with Crippen LogP contribution in [0.1, 0.15) is 59.3 Å². The first-order chi connectivity index (χ1) is 18.7. The Morgan fingerprint density at radius 3 is 1.82 bits per heavy atom. The Labute approximate surface area is 240 Å². The van der Waals surface area contributed by atoms with Crippen LogP contribution in [0.3, 0.4) is 0 Å². The Kier molecular flexibility index (Phi) is 9.01. The van der Waals surface area contributed by atoms with Gasteiger partial charge >= 0.3 is 5.97 Å². The van der Waals surface area contributed by atoms with Gasteiger partial charge in [0.25, 0.3) is 5.79 Å². The zero-order valence-corrected chi connectivity index (χ0v) is 24.7. The molecule has 0 aromatic heterocycles. The molecule has 2 aromatic carbocycles. The van der Waals surface area contributed by atoms with Crippen molar-refractivity contribution in [2.75, 3.05) is 11.5 Å². The largest absolute Gasteiger partial charge is 0.425 e. The lowest BCUT2D eigenvalue weighted by Gasteiger charge is -2.57. The van der Waals surface area contributed by atoms with Gasteiger partial charge in [0.05, 0.1) is 18.3 Å². The van der Waals surface area contributed by atoms with E-state index in [1.54, 1.807) is 23.5 Å². The van der Waals surface area contributed by atoms with E-state index in [4.69, 9.17) is 18.9 Å². The highest BCUT2D eigenvalue weighted by Gasteiger charge is 2.67. The van der Waals surface area contributed by atoms with Gasteiger partial charge in [0.1, 0.15) is 0 Å². The molecule has 2 spiro atoms. The van der Waals surface area contributed by atoms with Gasteiger partial charge in [-0.1, -0.05) is 57.2 Å². The molecule has 5 rings (SSSR count). The summed E-state index contributed by atoms with van der Waals surface area (Å²) >= 11 is 3.48. The van der Waals surface area contributed by atoms with Crippen molar-refractivity contribution in [1.82, 2.24) is 0 Å². The molecular weight excluding hydrogens is 532 g/mol. The Morgan fingerprint density at radius 2 is 1.31 bits per heavy atom. The lowest BCUT2D eigenvalue weighted by Crippen LogP contribution is -2.72. The van der Waals surface area contributed by atoms with Crippen LogP contribution in [0.2, 0.25) is 0 Å². The zero-order valence-electron chi connectivity index (χ0n) is 23.0. The molecule has 6 nitrogen and oxygen atoms in total. The lowest BCUT2D eigenvalue weighted by molar-refractivity contribution is -0.461. The molecule has 212 valence electrons. The number of thioether (sulfide) groups is 2. The molecule has 0 radical (unpaired) electrons. The fourth-order valence-corrected chi connectivity index (χ4v) is 7.48. The molecule has 8 heteroatoms. The van der Waals surface area contributed by atoms with Crippen molar-refractivity contribution in [3.63, 3.8) is 0 Å². The van der Waals surface area contributed by atoms with Crippen LogP contribution in [0, 0.1) is 5.41 Å². The summed E-state index contributed by atoms with van der Waals surface area (Å²) in [7, 11) is 0. The SMILES string of the molecule is CC(C)(C)[C@@H](O)[C@H]1O[C@@]2(CCC[C@@H](CSc3ccccc3)O2)[C@]2(CCC[C@@H](CSc3ccccc3)O2)OC1=O. The van der Waals surface area contributed by atoms with Crippen LogP contribution in [0.15, 0.2) is 70.5 Å². The van der Waals surface area contributed by atoms with E-state index in [1.807, 2.05) is 57.2 Å². The van der Waals surface area contributed by atoms with Crippen molar-refractivity contribution in [3.05, 3.63) is 60.7 Å². The zero-order chi connectivity index (χ0) is 27.5. The maximum absolute atomic E-state index is 13.4. The number of carbonyl (C=O) groups excluding carboxylic acids is 1. The van der Waals surface area contributed by atoms with E-state index in [2.05, 4.69) is 24.3 Å². The molecule has 0 bridgehead atoms. The van der Waals surface area contributed by atoms with Crippen molar-refractivity contribution in [3.8, 4) is 0 Å². The summed E-state index contributed by atoms with van der Waals surface area (Å²) in [5.41, 5.74) is -0.575. The van der Waals surface area contributed by atoms with Crippen LogP contribution >= 0.6 is 23.5 Å². The molecule has 3 heterocycles. The smallest absolute Gasteiger partial charge is 0.340 e. The first-order valence-corrected chi connectivity index (χ1v) is 16.0. The standard InChI is InChI=1S/C31H40O6S2/c1-29(2,3)27(32)26-28(33)37-31(19-11-13-23(35-31)21-39-25-16-8-5-9-17-25)30(36-26)18-10-12-22(34-30)20-38-24-14-6-4-7-15-24/h4-9,14-17,22-23,26-27,32H,10-13,18-21H2,1-3H3/t22-,23-,26+,27-,30-,31-/m0/s1. The van der Waals surface area contributed by atoms with Crippen LogP contribution in [0.4, 0.5) is 0 Å². The molecule has 0 saturated carbocycles. The second-order valence-corrected chi connectivity index (χ2v) is 14.0. The normalized spacial score (nSPS) is 32.2. The van der Waals surface area contributed by atoms with E-state index in [0.29, 0.717) is 12.8 Å². The number of fused-ring (bicyclic) bond motifs is 1. The predicted octanol–water partition coefficient (Wildman–Crippen LogP) is 6.45. The summed E-state index contributed by atoms with van der Waals surface area (Å²) in [4.78, 5) is 15.8. The molecule has 0 aliphatic carbocycles. The van der Waals surface area contributed by atoms with Gasteiger partial charge in [0.15, 0.2) is 6.10 Å². The molecule has 0 amide bonds. The Morgan fingerprint density at radius 1 is 0.821 bits per heavy atom. The predicted molar refractivity (Wildman–Crippen MR) is 154 cm³/mol. The Balaban J connectivity index is 1.39. The van der Waals surface area contributed by atoms with Crippen molar-refractivity contribution in [2.24, 2.45) is 5.41 Å². The number of hydrogen-bond acceptors (Lipinski definition) is 8. The summed E-state index contributed by atoms with van der Waals surface area (Å²) < 4.78 is 26.4. The minimum absolute atomic E-state index is 0.104. The number of aliphatic hydroxyl groups excluding tert-OH is 1. The first kappa shape index (κ1) is 29.0. The quantitative estimate of drug-likeness (QED) is 0.300. The van der Waals surface area contributed by atoms with Gasteiger partial charge in [-0.3, -0.25) is 0 Å². The summed E-state index contributed by atoms with van der Waals surface area (Å²) in [6.45, 7) is 5.67. The van der Waals surface area contributed by atoms with Gasteiger partial charge in [-0.2, -0.15) is 0 Å². The highest BCUT2D eigenvalue weighted by atomic mass is 32.2. The molecule has 6 atom stereocenters. The highest BCUT2D eigenvalue weighted by Crippen LogP contribution is 2.52. The minimum Gasteiger partial charge on any atom is -0.425 e. The number of hydrogen-bond donors (Lipinski definition) is 1. The number of ether oxygens (including phenoxy) is 4. The first-order valence-electron chi connectivity index (χ1n) is 14.0. The van der Waals surface area contributed by atoms with Crippen LogP contribution in [0.25, 0.3) is 0 Å². The van der Waals surface area contributed by atoms with Gasteiger partial charge in [0, 0.05) is 34.1 Å². The van der Waals surface area contributed by atoms with E-state index < -0.39 is 35.2 Å². The Hall–Kier alpha value is -1.55. The molecule has 1 N–H and O–H groups in total. The van der Waals surface area contributed by atoms with E-state index >= 15 is 0 Å². The minimum atomic E-state index is -1.34. The molecule has 0 unspecified atom stereocenters. The summed E-state index contributed by atoms with van der Waals surface area (Å²) in [6, 6.07) is 20.5. The van der Waals surface area contributed by atoms with Gasteiger partial charge < -0.3 is 24.1 Å². The van der Waals surface area contributed by atoms with Crippen LogP contribution in [-0.2, 0) is 23.7 Å². The average Bonchev–Trinajstić information content (AvgIpc) is 2.94. The second-order valence-electron chi connectivity index (χ2n) is 11.8. The number of benzene rings is 2. The average molecular weight is 573 g/mol. The summed E-state index contributed by atoms with van der Waals surface area (Å²) in [5.74, 6) is -1.70. The summed E-state index contributed by atoms with van der Waals surface area (Å²) in [5, 5.41) is 11.1. The number of rotatable bonds is 7. The fraction of sp³-hybridized carbons (Fsp3) is 0.581. The monoisotopic (exact) mass is 572 g/mol. The van der Waals surface area contributed by atoms with Crippen molar-refractivity contribution >= 4 is 29.5 Å². The molecular formula is C31H40O6S2. The highest BCUT2D eigenvalue weighted by molar-refractivity contribution is 7.99. The Bertz CT molecular complexity index is 1090. The van der Waals surface area contributed by atoms with Gasteiger partial charge in [-0.15, -0.1) is 23.5 Å². The summed E-state index contributed by atoms with van der Waals surface area (Å²) in [6.07, 6.45) is 2.07. The number of aliphatic hydroxyl groups is 1. The molecule has 3 fully saturated rings. The third-order valence-corrected chi connectivity index (χ3v) is 9.99. The maximum Gasteiger partial charge on any atom is 0.340 e. The van der Waals surface area contributed by atoms with E-state index in [9.17, 15) is 9.90 Å². The van der Waals surface area contributed by atoms with Crippen LogP contribution < -0.4 is 0 Å². The fourth-order valence-electron chi connectivity index (χ4n) is 5.56. The lowest BCUT2D eigenvalue weighted by atomic mass is 9.83. The van der Waals surface area contributed by atoms with E-state index in [1.165, 1.54) is 9.79 Å². The third-order valence-electron chi connectivity index (χ3n) is 7.71. The molecule has 3 aliphatic heterocycles. The van der Waals surface area contributed by atoms with E-state index in [0.717, 1.165) is 37.2 Å². The van der Waals surface area contributed by atoms with Gasteiger partial charge in [-0.25, -0.2) is 4.79 Å². The van der Waals surface area contributed by atoms with Crippen LogP contribution in [-0.4, -0.2) is 58.6 Å². The van der Waals surface area contributed by atoms with Crippen molar-refractivity contribution in [2.45, 2.75) is 105 Å². The molecule has 2 aromatic rings. The third kappa shape index (κ3) is 6.52. The number of esters is 1. The maximum atomic E-state index is 13.4. The second kappa shape index (κ2) is 12.1. The topological polar surface area (TPSA) is 74.2 Å². The van der Waals surface area contributed by atoms with Crippen molar-refractivity contribution in [1.29, 1.82) is 0 Å². The van der Waals surface area contributed by atoms with Crippen LogP contribution in [0.5, 0.6) is 0 Å². The van der Waals surface area contributed by atoms with Gasteiger partial charge in [-0.05, 0) is 55.4 Å². The van der Waals surface area contributed by atoms with E-state index in [-0.39, 0.29) is 12.2 Å². The molecule has 3 saturated heterocycles. The molecule has 39 heavy (non-hydrogen) atoms. The number of carbonyl (C=O) groups is 1. The molecule has 3 aliphatic rings.